The number of fused-ring (bicyclic) bond motifs is 1. The van der Waals surface area contributed by atoms with Crippen LogP contribution in [0.5, 0.6) is 0 Å². The van der Waals surface area contributed by atoms with Gasteiger partial charge in [-0.2, -0.15) is 0 Å². The van der Waals surface area contributed by atoms with E-state index in [0.717, 1.165) is 34.3 Å². The van der Waals surface area contributed by atoms with Gasteiger partial charge in [-0.05, 0) is 50.1 Å². The van der Waals surface area contributed by atoms with Gasteiger partial charge in [0.15, 0.2) is 0 Å². The third-order valence-electron chi connectivity index (χ3n) is 5.39. The van der Waals surface area contributed by atoms with E-state index in [0.29, 0.717) is 22.2 Å². The van der Waals surface area contributed by atoms with Gasteiger partial charge in [0.1, 0.15) is 5.00 Å². The van der Waals surface area contributed by atoms with Crippen LogP contribution >= 0.6 is 11.3 Å². The van der Waals surface area contributed by atoms with Crippen LogP contribution in [0.3, 0.4) is 0 Å². The van der Waals surface area contributed by atoms with Crippen molar-refractivity contribution >= 4 is 38.2 Å². The Kier molecular flexibility index (Phi) is 6.85. The minimum Gasteiger partial charge on any atom is -0.355 e. The minimum atomic E-state index is -3.57. The summed E-state index contributed by atoms with van der Waals surface area (Å²) in [6, 6.07) is 6.15. The Morgan fingerprint density at radius 3 is 2.32 bits per heavy atom. The van der Waals surface area contributed by atoms with E-state index in [9.17, 15) is 18.0 Å². The van der Waals surface area contributed by atoms with Crippen LogP contribution in [0.15, 0.2) is 29.2 Å². The second-order valence-corrected chi connectivity index (χ2v) is 11.1. The number of amides is 2. The summed E-state index contributed by atoms with van der Waals surface area (Å²) in [5.74, 6) is -0.614. The molecule has 0 radical (unpaired) electrons. The Balaban J connectivity index is 1.88. The maximum atomic E-state index is 12.9. The first-order valence-electron chi connectivity index (χ1n) is 10.0. The van der Waals surface area contributed by atoms with Crippen molar-refractivity contribution in [2.45, 2.75) is 37.8 Å². The van der Waals surface area contributed by atoms with Gasteiger partial charge in [-0.3, -0.25) is 14.5 Å². The van der Waals surface area contributed by atoms with Crippen molar-refractivity contribution in [3.63, 3.8) is 0 Å². The number of thiophene rings is 1. The van der Waals surface area contributed by atoms with E-state index in [1.807, 2.05) is 0 Å². The number of anilines is 1. The topological polar surface area (TPSA) is 98.8 Å². The van der Waals surface area contributed by atoms with Crippen LogP contribution in [0, 0.1) is 0 Å². The number of rotatable bonds is 6. The van der Waals surface area contributed by atoms with Crippen molar-refractivity contribution in [3.05, 3.63) is 45.8 Å². The largest absolute Gasteiger partial charge is 0.355 e. The zero-order chi connectivity index (χ0) is 22.9. The third-order valence-corrected chi connectivity index (χ3v) is 8.35. The molecule has 2 heterocycles. The van der Waals surface area contributed by atoms with Gasteiger partial charge >= 0.3 is 0 Å². The van der Waals surface area contributed by atoms with E-state index >= 15 is 0 Å². The number of carbonyl (C=O) groups is 2. The summed E-state index contributed by atoms with van der Waals surface area (Å²) >= 11 is 1.42. The minimum absolute atomic E-state index is 0.112. The Morgan fingerprint density at radius 2 is 1.77 bits per heavy atom. The molecular formula is C21H28N4O4S2. The second kappa shape index (κ2) is 9.07. The van der Waals surface area contributed by atoms with Crippen LogP contribution in [0.25, 0.3) is 0 Å². The van der Waals surface area contributed by atoms with E-state index in [4.69, 9.17) is 0 Å². The fourth-order valence-electron chi connectivity index (χ4n) is 3.48. The first kappa shape index (κ1) is 23.4. The molecule has 3 rings (SSSR count). The molecule has 2 amide bonds. The number of sulfonamides is 1. The summed E-state index contributed by atoms with van der Waals surface area (Å²) in [6.45, 7) is 5.89. The highest BCUT2D eigenvalue weighted by Gasteiger charge is 2.29. The fraction of sp³-hybridized carbons (Fsp3) is 0.429. The van der Waals surface area contributed by atoms with Gasteiger partial charge in [0.2, 0.25) is 10.0 Å². The second-order valence-electron chi connectivity index (χ2n) is 7.87. The first-order chi connectivity index (χ1) is 14.6. The molecule has 0 fully saturated rings. The molecule has 0 spiro atoms. The maximum absolute atomic E-state index is 12.9. The fourth-order valence-corrected chi connectivity index (χ4v) is 5.65. The molecular weight excluding hydrogens is 436 g/mol. The van der Waals surface area contributed by atoms with Crippen molar-refractivity contribution in [1.29, 1.82) is 0 Å². The molecule has 1 aromatic heterocycles. The number of carbonyl (C=O) groups excluding carboxylic acids is 2. The van der Waals surface area contributed by atoms with Crippen LogP contribution in [0.2, 0.25) is 0 Å². The molecule has 10 heteroatoms. The molecule has 8 nitrogen and oxygen atoms in total. The molecule has 168 valence electrons. The molecule has 1 aliphatic rings. The summed E-state index contributed by atoms with van der Waals surface area (Å²) in [6.07, 6.45) is 0.750. The lowest BCUT2D eigenvalue weighted by atomic mass is 10.0. The smallest absolute Gasteiger partial charge is 0.256 e. The predicted octanol–water partition coefficient (Wildman–Crippen LogP) is 2.38. The van der Waals surface area contributed by atoms with E-state index in [2.05, 4.69) is 29.4 Å². The van der Waals surface area contributed by atoms with Crippen LogP contribution in [0.4, 0.5) is 5.00 Å². The summed E-state index contributed by atoms with van der Waals surface area (Å²) < 4.78 is 25.6. The standard InChI is InChI=1S/C21H28N4O4S2/c1-13(2)25-11-10-16-17(12-25)30-21(18(16)20(27)22-3)23-19(26)14-6-8-15(9-7-14)31(28,29)24(4)5/h6-9,13H,10-12H2,1-5H3,(H,22,27)(H,23,26). The molecule has 0 saturated heterocycles. The van der Waals surface area contributed by atoms with Gasteiger partial charge in [0.25, 0.3) is 11.8 Å². The molecule has 2 N–H and O–H groups in total. The van der Waals surface area contributed by atoms with Gasteiger partial charge in [0.05, 0.1) is 10.5 Å². The van der Waals surface area contributed by atoms with Gasteiger partial charge < -0.3 is 10.6 Å². The van der Waals surface area contributed by atoms with Crippen molar-refractivity contribution in [3.8, 4) is 0 Å². The summed E-state index contributed by atoms with van der Waals surface area (Å²) in [4.78, 5) is 29.0. The molecule has 1 aromatic carbocycles. The van der Waals surface area contributed by atoms with Gasteiger partial charge in [-0.1, -0.05) is 0 Å². The Morgan fingerprint density at radius 1 is 1.13 bits per heavy atom. The highest BCUT2D eigenvalue weighted by atomic mass is 32.2. The Labute approximate surface area is 187 Å². The number of hydrogen-bond donors (Lipinski definition) is 2. The molecule has 1 aliphatic heterocycles. The van der Waals surface area contributed by atoms with Crippen LogP contribution in [-0.2, 0) is 23.0 Å². The van der Waals surface area contributed by atoms with Crippen molar-refractivity contribution in [2.75, 3.05) is 33.0 Å². The number of nitrogens with one attached hydrogen (secondary N) is 2. The Bertz CT molecular complexity index is 1090. The Hall–Kier alpha value is -2.27. The van der Waals surface area contributed by atoms with Crippen LogP contribution in [-0.4, -0.2) is 63.2 Å². The number of nitrogens with zero attached hydrogens (tertiary/aromatic N) is 2. The zero-order valence-corrected chi connectivity index (χ0v) is 20.0. The zero-order valence-electron chi connectivity index (χ0n) is 18.4. The lowest BCUT2D eigenvalue weighted by Crippen LogP contribution is -2.35. The van der Waals surface area contributed by atoms with E-state index < -0.39 is 15.9 Å². The van der Waals surface area contributed by atoms with Crippen molar-refractivity contribution < 1.29 is 18.0 Å². The molecule has 0 aliphatic carbocycles. The first-order valence-corrected chi connectivity index (χ1v) is 12.3. The average Bonchev–Trinajstić information content (AvgIpc) is 3.09. The van der Waals surface area contributed by atoms with E-state index in [1.165, 1.54) is 49.7 Å². The molecule has 0 atom stereocenters. The van der Waals surface area contributed by atoms with E-state index in [1.54, 1.807) is 7.05 Å². The van der Waals surface area contributed by atoms with Crippen LogP contribution in [0.1, 0.15) is 45.0 Å². The molecule has 0 saturated carbocycles. The highest BCUT2D eigenvalue weighted by molar-refractivity contribution is 7.89. The summed E-state index contributed by atoms with van der Waals surface area (Å²) in [7, 11) is 0.914. The molecule has 0 bridgehead atoms. The average molecular weight is 465 g/mol. The molecule has 0 unspecified atom stereocenters. The normalized spacial score (nSPS) is 14.5. The summed E-state index contributed by atoms with van der Waals surface area (Å²) in [5, 5.41) is 6.05. The SMILES string of the molecule is CNC(=O)c1c(NC(=O)c2ccc(S(=O)(=O)N(C)C)cc2)sc2c1CCN(C(C)C)C2. The lowest BCUT2D eigenvalue weighted by Gasteiger charge is -2.30. The van der Waals surface area contributed by atoms with Gasteiger partial charge in [0, 0.05) is 50.7 Å². The highest BCUT2D eigenvalue weighted by Crippen LogP contribution is 2.37. The van der Waals surface area contributed by atoms with E-state index in [-0.39, 0.29) is 10.8 Å². The number of hydrogen-bond acceptors (Lipinski definition) is 6. The van der Waals surface area contributed by atoms with Crippen molar-refractivity contribution in [1.82, 2.24) is 14.5 Å². The monoisotopic (exact) mass is 464 g/mol. The van der Waals surface area contributed by atoms with Gasteiger partial charge in [-0.15, -0.1) is 11.3 Å². The lowest BCUT2D eigenvalue weighted by molar-refractivity contribution is 0.0962. The molecule has 31 heavy (non-hydrogen) atoms. The predicted molar refractivity (Wildman–Crippen MR) is 122 cm³/mol. The van der Waals surface area contributed by atoms with Gasteiger partial charge in [-0.25, -0.2) is 12.7 Å². The quantitative estimate of drug-likeness (QED) is 0.684. The molecule has 2 aromatic rings. The van der Waals surface area contributed by atoms with Crippen LogP contribution < -0.4 is 10.6 Å². The summed E-state index contributed by atoms with van der Waals surface area (Å²) in [5.41, 5.74) is 1.82. The number of benzene rings is 1. The third kappa shape index (κ3) is 4.67. The van der Waals surface area contributed by atoms with Crippen molar-refractivity contribution in [2.24, 2.45) is 0 Å². The maximum Gasteiger partial charge on any atom is 0.256 e.